The van der Waals surface area contributed by atoms with Gasteiger partial charge in [0.15, 0.2) is 0 Å². The number of amides is 2. The van der Waals surface area contributed by atoms with Crippen molar-refractivity contribution in [1.82, 2.24) is 0 Å². The highest BCUT2D eigenvalue weighted by atomic mass is 16.2. The average Bonchev–Trinajstić information content (AvgIpc) is 2.78. The number of hydrogen-bond acceptors (Lipinski definition) is 3. The van der Waals surface area contributed by atoms with E-state index in [1.807, 2.05) is 48.5 Å². The molecule has 0 spiro atoms. The third kappa shape index (κ3) is 7.00. The van der Waals surface area contributed by atoms with Crippen LogP contribution in [0.25, 0.3) is 0 Å². The highest BCUT2D eigenvalue weighted by Crippen LogP contribution is 2.23. The van der Waals surface area contributed by atoms with Crippen molar-refractivity contribution in [1.29, 1.82) is 0 Å². The van der Waals surface area contributed by atoms with E-state index in [1.54, 1.807) is 24.3 Å². The molecular formula is C26H29N3O2. The molecule has 3 rings (SSSR count). The van der Waals surface area contributed by atoms with Gasteiger partial charge in [-0.15, -0.1) is 0 Å². The van der Waals surface area contributed by atoms with E-state index in [0.717, 1.165) is 11.3 Å². The molecule has 0 radical (unpaired) electrons. The van der Waals surface area contributed by atoms with Gasteiger partial charge in [0.1, 0.15) is 0 Å². The summed E-state index contributed by atoms with van der Waals surface area (Å²) in [6.07, 6.45) is 1.12. The third-order valence-electron chi connectivity index (χ3n) is 4.96. The van der Waals surface area contributed by atoms with Gasteiger partial charge in [0.25, 0.3) is 0 Å². The summed E-state index contributed by atoms with van der Waals surface area (Å²) < 4.78 is 0. The van der Waals surface area contributed by atoms with Crippen LogP contribution in [0.5, 0.6) is 0 Å². The third-order valence-corrected chi connectivity index (χ3v) is 4.96. The lowest BCUT2D eigenvalue weighted by atomic mass is 10.0. The van der Waals surface area contributed by atoms with Crippen molar-refractivity contribution in [2.45, 2.75) is 32.6 Å². The van der Waals surface area contributed by atoms with E-state index >= 15 is 0 Å². The number of carbonyl (C=O) groups excluding carboxylic acids is 2. The molecule has 5 heteroatoms. The van der Waals surface area contributed by atoms with E-state index in [4.69, 9.17) is 0 Å². The highest BCUT2D eigenvalue weighted by molar-refractivity contribution is 5.95. The van der Waals surface area contributed by atoms with Crippen molar-refractivity contribution in [2.75, 3.05) is 22.5 Å². The fourth-order valence-electron chi connectivity index (χ4n) is 3.31. The van der Waals surface area contributed by atoms with Gasteiger partial charge in [-0.1, -0.05) is 62.4 Å². The van der Waals surface area contributed by atoms with Crippen LogP contribution < -0.4 is 16.0 Å². The molecule has 0 aromatic heterocycles. The molecule has 5 nitrogen and oxygen atoms in total. The molecule has 0 fully saturated rings. The number of carbonyl (C=O) groups is 2. The molecule has 0 saturated carbocycles. The van der Waals surface area contributed by atoms with Crippen LogP contribution in [0.3, 0.4) is 0 Å². The standard InChI is InChI=1S/C26H29N3O2/c1-19(2)23-10-6-7-11-24(23)27-18-26(31)29-22-15-13-21(14-16-22)28-25(30)17-12-20-8-4-3-5-9-20/h3-11,13-16,19,27H,12,17-18H2,1-2H3,(H,28,30)(H,29,31). The Labute approximate surface area is 183 Å². The number of aryl methyl sites for hydroxylation is 1. The number of anilines is 3. The quantitative estimate of drug-likeness (QED) is 0.436. The Hall–Kier alpha value is -3.60. The van der Waals surface area contributed by atoms with E-state index in [2.05, 4.69) is 35.9 Å². The number of rotatable bonds is 9. The van der Waals surface area contributed by atoms with Crippen LogP contribution in [-0.2, 0) is 16.0 Å². The first-order valence-electron chi connectivity index (χ1n) is 10.6. The fraction of sp³-hybridized carbons (Fsp3) is 0.231. The second-order valence-electron chi connectivity index (χ2n) is 7.75. The van der Waals surface area contributed by atoms with Gasteiger partial charge in [-0.3, -0.25) is 9.59 Å². The van der Waals surface area contributed by atoms with Crippen LogP contribution in [0.15, 0.2) is 78.9 Å². The fourth-order valence-corrected chi connectivity index (χ4v) is 3.31. The summed E-state index contributed by atoms with van der Waals surface area (Å²) in [5.74, 6) is 0.217. The predicted octanol–water partition coefficient (Wildman–Crippen LogP) is 5.43. The van der Waals surface area contributed by atoms with Crippen LogP contribution >= 0.6 is 0 Å². The number of nitrogens with one attached hydrogen (secondary N) is 3. The van der Waals surface area contributed by atoms with Gasteiger partial charge in [-0.25, -0.2) is 0 Å². The number of hydrogen-bond donors (Lipinski definition) is 3. The molecule has 160 valence electrons. The number of benzene rings is 3. The Morgan fingerprint density at radius 3 is 1.97 bits per heavy atom. The Balaban J connectivity index is 1.45. The second kappa shape index (κ2) is 11.0. The zero-order valence-electron chi connectivity index (χ0n) is 18.0. The second-order valence-corrected chi connectivity index (χ2v) is 7.75. The SMILES string of the molecule is CC(C)c1ccccc1NCC(=O)Nc1ccc(NC(=O)CCc2ccccc2)cc1. The van der Waals surface area contributed by atoms with E-state index in [-0.39, 0.29) is 18.4 Å². The van der Waals surface area contributed by atoms with E-state index in [1.165, 1.54) is 5.56 Å². The van der Waals surface area contributed by atoms with Crippen molar-refractivity contribution >= 4 is 28.9 Å². The molecule has 0 unspecified atom stereocenters. The summed E-state index contributed by atoms with van der Waals surface area (Å²) in [6, 6.07) is 25.1. The molecule has 3 aromatic rings. The van der Waals surface area contributed by atoms with Crippen molar-refractivity contribution in [3.63, 3.8) is 0 Å². The first-order chi connectivity index (χ1) is 15.0. The van der Waals surface area contributed by atoms with Gasteiger partial charge in [-0.2, -0.15) is 0 Å². The molecule has 0 aliphatic heterocycles. The largest absolute Gasteiger partial charge is 0.376 e. The Morgan fingerprint density at radius 1 is 0.742 bits per heavy atom. The highest BCUT2D eigenvalue weighted by Gasteiger charge is 2.08. The summed E-state index contributed by atoms with van der Waals surface area (Å²) >= 11 is 0. The smallest absolute Gasteiger partial charge is 0.243 e. The maximum atomic E-state index is 12.3. The molecule has 0 saturated heterocycles. The average molecular weight is 416 g/mol. The van der Waals surface area contributed by atoms with Crippen LogP contribution in [-0.4, -0.2) is 18.4 Å². The summed E-state index contributed by atoms with van der Waals surface area (Å²) in [6.45, 7) is 4.44. The Kier molecular flexibility index (Phi) is 7.82. The lowest BCUT2D eigenvalue weighted by molar-refractivity contribution is -0.116. The lowest BCUT2D eigenvalue weighted by Gasteiger charge is -2.14. The first kappa shape index (κ1) is 22.1. The van der Waals surface area contributed by atoms with Crippen molar-refractivity contribution in [3.8, 4) is 0 Å². The molecule has 2 amide bonds. The molecule has 0 heterocycles. The molecule has 3 aromatic carbocycles. The molecule has 31 heavy (non-hydrogen) atoms. The summed E-state index contributed by atoms with van der Waals surface area (Å²) in [5.41, 5.74) is 4.69. The minimum absolute atomic E-state index is 0.0337. The van der Waals surface area contributed by atoms with E-state index in [9.17, 15) is 9.59 Å². The van der Waals surface area contributed by atoms with Crippen LogP contribution in [0, 0.1) is 0 Å². The lowest BCUT2D eigenvalue weighted by Crippen LogP contribution is -2.22. The normalized spacial score (nSPS) is 10.5. The van der Waals surface area contributed by atoms with Crippen LogP contribution in [0.4, 0.5) is 17.1 Å². The van der Waals surface area contributed by atoms with Crippen LogP contribution in [0.1, 0.15) is 37.3 Å². The zero-order valence-corrected chi connectivity index (χ0v) is 18.0. The van der Waals surface area contributed by atoms with Crippen LogP contribution in [0.2, 0.25) is 0 Å². The minimum atomic E-state index is -0.127. The molecule has 0 aliphatic rings. The van der Waals surface area contributed by atoms with E-state index < -0.39 is 0 Å². The van der Waals surface area contributed by atoms with E-state index in [0.29, 0.717) is 30.1 Å². The summed E-state index contributed by atoms with van der Waals surface area (Å²) in [5, 5.41) is 8.98. The van der Waals surface area contributed by atoms with Gasteiger partial charge >= 0.3 is 0 Å². The monoisotopic (exact) mass is 415 g/mol. The maximum Gasteiger partial charge on any atom is 0.243 e. The van der Waals surface area contributed by atoms with Gasteiger partial charge in [0.05, 0.1) is 6.54 Å². The molecular weight excluding hydrogens is 386 g/mol. The van der Waals surface area contributed by atoms with Crippen molar-refractivity contribution in [3.05, 3.63) is 90.0 Å². The number of para-hydroxylation sites is 1. The first-order valence-corrected chi connectivity index (χ1v) is 10.6. The maximum absolute atomic E-state index is 12.3. The minimum Gasteiger partial charge on any atom is -0.376 e. The topological polar surface area (TPSA) is 70.2 Å². The van der Waals surface area contributed by atoms with Gasteiger partial charge in [-0.05, 0) is 53.8 Å². The van der Waals surface area contributed by atoms with Crippen molar-refractivity contribution in [2.24, 2.45) is 0 Å². The molecule has 0 bridgehead atoms. The summed E-state index contributed by atoms with van der Waals surface area (Å²) in [7, 11) is 0. The Bertz CT molecular complexity index is 999. The molecule has 0 aliphatic carbocycles. The zero-order chi connectivity index (χ0) is 22.1. The van der Waals surface area contributed by atoms with Gasteiger partial charge in [0, 0.05) is 23.5 Å². The van der Waals surface area contributed by atoms with Crippen molar-refractivity contribution < 1.29 is 9.59 Å². The van der Waals surface area contributed by atoms with Gasteiger partial charge < -0.3 is 16.0 Å². The molecule has 0 atom stereocenters. The summed E-state index contributed by atoms with van der Waals surface area (Å²) in [4.78, 5) is 24.5. The molecule has 3 N–H and O–H groups in total. The van der Waals surface area contributed by atoms with Gasteiger partial charge in [0.2, 0.25) is 11.8 Å². The predicted molar refractivity (Wildman–Crippen MR) is 127 cm³/mol. The Morgan fingerprint density at radius 2 is 1.32 bits per heavy atom.